The number of fused-ring (bicyclic) bond motifs is 2. The van der Waals surface area contributed by atoms with Gasteiger partial charge in [0.15, 0.2) is 11.3 Å². The number of alkyl halides is 3. The zero-order valence-electron chi connectivity index (χ0n) is 23.0. The first kappa shape index (κ1) is 27.1. The third-order valence-electron chi connectivity index (χ3n) is 7.37. The highest BCUT2D eigenvalue weighted by atomic mass is 19.4. The van der Waals surface area contributed by atoms with Gasteiger partial charge in [-0.1, -0.05) is 91.0 Å². The topological polar surface area (TPSA) is 77.1 Å². The Morgan fingerprint density at radius 2 is 1.55 bits per heavy atom. The van der Waals surface area contributed by atoms with Crippen LogP contribution in [0.1, 0.15) is 21.6 Å². The van der Waals surface area contributed by atoms with Gasteiger partial charge >= 0.3 is 6.18 Å². The van der Waals surface area contributed by atoms with Crippen LogP contribution in [-0.2, 0) is 12.7 Å². The summed E-state index contributed by atoms with van der Waals surface area (Å²) in [7, 11) is 0. The number of para-hydroxylation sites is 1. The van der Waals surface area contributed by atoms with Crippen molar-refractivity contribution in [1.82, 2.24) is 29.7 Å². The van der Waals surface area contributed by atoms with Gasteiger partial charge in [0.05, 0.1) is 23.3 Å². The smallest absolute Gasteiger partial charge is 0.348 e. The third kappa shape index (κ3) is 4.96. The van der Waals surface area contributed by atoms with E-state index in [0.717, 1.165) is 39.8 Å². The Hall–Kier alpha value is -5.77. The van der Waals surface area contributed by atoms with Gasteiger partial charge in [0.2, 0.25) is 0 Å². The molecule has 0 atom stereocenters. The van der Waals surface area contributed by atoms with E-state index in [4.69, 9.17) is 5.10 Å². The zero-order valence-corrected chi connectivity index (χ0v) is 23.0. The SMILES string of the molecule is O=C(NCc1cn(-c2ccccc2)nc1-c1ccccc1)c1cnn2c(C(F)(F)F)cc(-c3cccc4ccccc34)nc12. The van der Waals surface area contributed by atoms with Crippen LogP contribution >= 0.6 is 0 Å². The quantitative estimate of drug-likeness (QED) is 0.220. The van der Waals surface area contributed by atoms with E-state index in [1.165, 1.54) is 0 Å². The number of carbonyl (C=O) groups is 1. The van der Waals surface area contributed by atoms with Gasteiger partial charge in [-0.25, -0.2) is 14.2 Å². The summed E-state index contributed by atoms with van der Waals surface area (Å²) in [6, 6.07) is 32.8. The highest BCUT2D eigenvalue weighted by Gasteiger charge is 2.36. The average Bonchev–Trinajstić information content (AvgIpc) is 3.68. The van der Waals surface area contributed by atoms with Crippen molar-refractivity contribution in [1.29, 1.82) is 0 Å². The maximum Gasteiger partial charge on any atom is 0.433 e. The van der Waals surface area contributed by atoms with E-state index in [2.05, 4.69) is 15.4 Å². The molecule has 0 spiro atoms. The molecule has 7 aromatic rings. The molecule has 7 nitrogen and oxygen atoms in total. The molecule has 3 aromatic heterocycles. The Kier molecular flexibility index (Phi) is 6.66. The van der Waals surface area contributed by atoms with Crippen LogP contribution in [0.25, 0.3) is 44.6 Å². The number of aromatic nitrogens is 5. The van der Waals surface area contributed by atoms with E-state index < -0.39 is 17.8 Å². The number of rotatable bonds is 6. The lowest BCUT2D eigenvalue weighted by molar-refractivity contribution is -0.142. The summed E-state index contributed by atoms with van der Waals surface area (Å²) >= 11 is 0. The average molecular weight is 589 g/mol. The molecule has 1 N–H and O–H groups in total. The summed E-state index contributed by atoms with van der Waals surface area (Å²) in [4.78, 5) is 18.1. The molecule has 0 saturated carbocycles. The highest BCUT2D eigenvalue weighted by Crippen LogP contribution is 2.35. The summed E-state index contributed by atoms with van der Waals surface area (Å²) in [6.07, 6.45) is -1.80. The second kappa shape index (κ2) is 10.8. The minimum absolute atomic E-state index is 0.0718. The van der Waals surface area contributed by atoms with Crippen LogP contribution in [0.15, 0.2) is 122 Å². The summed E-state index contributed by atoms with van der Waals surface area (Å²) in [6.45, 7) is 0.0718. The third-order valence-corrected chi connectivity index (χ3v) is 7.37. The molecule has 216 valence electrons. The Morgan fingerprint density at radius 3 is 2.32 bits per heavy atom. The summed E-state index contributed by atoms with van der Waals surface area (Å²) in [5, 5.41) is 13.1. The van der Waals surface area contributed by atoms with Crippen LogP contribution in [0, 0.1) is 0 Å². The van der Waals surface area contributed by atoms with Crippen molar-refractivity contribution in [3.05, 3.63) is 138 Å². The zero-order chi connectivity index (χ0) is 30.3. The van der Waals surface area contributed by atoms with Crippen LogP contribution in [0.3, 0.4) is 0 Å². The molecule has 0 aliphatic carbocycles. The molecule has 0 unspecified atom stereocenters. The Morgan fingerprint density at radius 1 is 0.841 bits per heavy atom. The van der Waals surface area contributed by atoms with Crippen LogP contribution in [-0.4, -0.2) is 30.3 Å². The first-order valence-corrected chi connectivity index (χ1v) is 13.8. The molecule has 44 heavy (non-hydrogen) atoms. The normalized spacial score (nSPS) is 11.7. The van der Waals surface area contributed by atoms with E-state index in [9.17, 15) is 18.0 Å². The first-order valence-electron chi connectivity index (χ1n) is 13.8. The molecule has 0 fully saturated rings. The van der Waals surface area contributed by atoms with Gasteiger partial charge in [-0.3, -0.25) is 4.79 Å². The fourth-order valence-electron chi connectivity index (χ4n) is 5.27. The fourth-order valence-corrected chi connectivity index (χ4v) is 5.27. The predicted octanol–water partition coefficient (Wildman–Crippen LogP) is 7.35. The van der Waals surface area contributed by atoms with Gasteiger partial charge in [-0.2, -0.15) is 23.4 Å². The molecule has 0 aliphatic rings. The molecule has 0 saturated heterocycles. The lowest BCUT2D eigenvalue weighted by Crippen LogP contribution is -2.23. The minimum Gasteiger partial charge on any atom is -0.348 e. The Labute approximate surface area is 249 Å². The van der Waals surface area contributed by atoms with Gasteiger partial charge in [-0.05, 0) is 29.0 Å². The van der Waals surface area contributed by atoms with Gasteiger partial charge in [-0.15, -0.1) is 0 Å². The molecule has 1 amide bonds. The van der Waals surface area contributed by atoms with E-state index >= 15 is 0 Å². The molecule has 0 bridgehead atoms. The summed E-state index contributed by atoms with van der Waals surface area (Å²) < 4.78 is 45.2. The second-order valence-electron chi connectivity index (χ2n) is 10.2. The highest BCUT2D eigenvalue weighted by molar-refractivity contribution is 6.01. The van der Waals surface area contributed by atoms with E-state index in [0.29, 0.717) is 15.8 Å². The standard InChI is InChI=1S/C34H23F3N6O/c35-34(36,37)30-18-29(27-17-9-13-22-10-7-8-16-26(22)27)40-32-28(20-39-43(30)32)33(44)38-19-24-21-42(25-14-5-2-6-15-25)41-31(24)23-11-3-1-4-12-23/h1-18,20-21H,19H2,(H,38,44). The molecule has 0 aliphatic heterocycles. The van der Waals surface area contributed by atoms with Crippen LogP contribution < -0.4 is 5.32 Å². The number of hydrogen-bond donors (Lipinski definition) is 1. The Balaban J connectivity index is 1.27. The van der Waals surface area contributed by atoms with Crippen molar-refractivity contribution in [2.45, 2.75) is 12.7 Å². The maximum atomic E-state index is 14.3. The van der Waals surface area contributed by atoms with Gasteiger partial charge in [0, 0.05) is 29.4 Å². The van der Waals surface area contributed by atoms with Crippen molar-refractivity contribution in [2.75, 3.05) is 0 Å². The van der Waals surface area contributed by atoms with Crippen molar-refractivity contribution in [3.8, 4) is 28.2 Å². The number of hydrogen-bond acceptors (Lipinski definition) is 4. The number of amides is 1. The second-order valence-corrected chi connectivity index (χ2v) is 10.2. The molecule has 3 heterocycles. The number of nitrogens with zero attached hydrogens (tertiary/aromatic N) is 5. The molecule has 4 aromatic carbocycles. The summed E-state index contributed by atoms with van der Waals surface area (Å²) in [5.74, 6) is -0.609. The van der Waals surface area contributed by atoms with Crippen LogP contribution in [0.5, 0.6) is 0 Å². The number of nitrogens with one attached hydrogen (secondary N) is 1. The Bertz CT molecular complexity index is 2130. The lowest BCUT2D eigenvalue weighted by atomic mass is 10.0. The number of carbonyl (C=O) groups excluding carboxylic acids is 1. The van der Waals surface area contributed by atoms with Crippen molar-refractivity contribution >= 4 is 22.3 Å². The van der Waals surface area contributed by atoms with Gasteiger partial charge in [0.1, 0.15) is 5.56 Å². The molecular weight excluding hydrogens is 565 g/mol. The largest absolute Gasteiger partial charge is 0.433 e. The van der Waals surface area contributed by atoms with Crippen molar-refractivity contribution in [2.24, 2.45) is 0 Å². The predicted molar refractivity (Wildman–Crippen MR) is 161 cm³/mol. The minimum atomic E-state index is -4.74. The number of benzene rings is 4. The van der Waals surface area contributed by atoms with Crippen molar-refractivity contribution < 1.29 is 18.0 Å². The number of halogens is 3. The van der Waals surface area contributed by atoms with E-state index in [-0.39, 0.29) is 23.4 Å². The first-order chi connectivity index (χ1) is 21.4. The van der Waals surface area contributed by atoms with Crippen molar-refractivity contribution in [3.63, 3.8) is 0 Å². The van der Waals surface area contributed by atoms with Crippen LogP contribution in [0.4, 0.5) is 13.2 Å². The van der Waals surface area contributed by atoms with Gasteiger partial charge in [0.25, 0.3) is 5.91 Å². The molecule has 7 rings (SSSR count). The molecule has 0 radical (unpaired) electrons. The maximum absolute atomic E-state index is 14.3. The molecular formula is C34H23F3N6O. The fraction of sp³-hybridized carbons (Fsp3) is 0.0588. The summed E-state index contributed by atoms with van der Waals surface area (Å²) in [5.41, 5.74) is 2.41. The van der Waals surface area contributed by atoms with Crippen LogP contribution in [0.2, 0.25) is 0 Å². The lowest BCUT2D eigenvalue weighted by Gasteiger charge is -2.13. The van der Waals surface area contributed by atoms with E-state index in [1.54, 1.807) is 16.8 Å². The monoisotopic (exact) mass is 588 g/mol. The molecule has 10 heteroatoms. The van der Waals surface area contributed by atoms with E-state index in [1.807, 2.05) is 97.2 Å². The van der Waals surface area contributed by atoms with Gasteiger partial charge < -0.3 is 5.32 Å².